The van der Waals surface area contributed by atoms with Gasteiger partial charge in [-0.15, -0.1) is 0 Å². The van der Waals surface area contributed by atoms with Crippen molar-refractivity contribution in [2.45, 2.75) is 25.8 Å². The number of rotatable bonds is 7. The van der Waals surface area contributed by atoms with E-state index in [4.69, 9.17) is 11.6 Å². The smallest absolute Gasteiger partial charge is 0.147 e. The van der Waals surface area contributed by atoms with Crippen molar-refractivity contribution in [2.75, 3.05) is 18.6 Å². The van der Waals surface area contributed by atoms with Crippen LogP contribution in [0.15, 0.2) is 18.2 Å². The summed E-state index contributed by atoms with van der Waals surface area (Å²) in [6.07, 6.45) is 2.35. The summed E-state index contributed by atoms with van der Waals surface area (Å²) < 4.78 is 36.4. The Morgan fingerprint density at radius 3 is 2.63 bits per heavy atom. The number of hydrogen-bond acceptors (Lipinski definition) is 3. The third kappa shape index (κ3) is 5.47. The molecule has 1 rings (SSSR count). The van der Waals surface area contributed by atoms with Crippen LogP contribution in [0.25, 0.3) is 0 Å². The number of halogens is 2. The Morgan fingerprint density at radius 2 is 2.11 bits per heavy atom. The molecule has 6 heteroatoms. The largest absolute Gasteiger partial charge is 0.310 e. The summed E-state index contributed by atoms with van der Waals surface area (Å²) in [6, 6.07) is 4.10. The summed E-state index contributed by atoms with van der Waals surface area (Å²) in [7, 11) is -3.08. The van der Waals surface area contributed by atoms with Gasteiger partial charge in [-0.25, -0.2) is 12.8 Å². The van der Waals surface area contributed by atoms with E-state index in [1.54, 1.807) is 6.07 Å². The summed E-state index contributed by atoms with van der Waals surface area (Å²) in [5, 5.41) is 3.47. The molecule has 1 unspecified atom stereocenters. The minimum Gasteiger partial charge on any atom is -0.310 e. The van der Waals surface area contributed by atoms with Crippen LogP contribution in [-0.2, 0) is 9.84 Å². The molecule has 0 aromatic heterocycles. The molecule has 0 aliphatic rings. The quantitative estimate of drug-likeness (QED) is 0.842. The van der Waals surface area contributed by atoms with Gasteiger partial charge in [0.2, 0.25) is 0 Å². The standard InChI is InChI=1S/C13H19ClFNO2S/c1-3-8-16-12(7-9-19(2,17)18)13-10(14)5-4-6-11(13)15/h4-6,12,16H,3,7-9H2,1-2H3. The highest BCUT2D eigenvalue weighted by Crippen LogP contribution is 2.28. The lowest BCUT2D eigenvalue weighted by Crippen LogP contribution is -2.25. The molecular weight excluding hydrogens is 289 g/mol. The zero-order valence-electron chi connectivity index (χ0n) is 11.1. The van der Waals surface area contributed by atoms with Crippen molar-refractivity contribution in [1.29, 1.82) is 0 Å². The van der Waals surface area contributed by atoms with Gasteiger partial charge in [0.1, 0.15) is 15.7 Å². The van der Waals surface area contributed by atoms with E-state index in [0.29, 0.717) is 23.6 Å². The maximum Gasteiger partial charge on any atom is 0.147 e. The molecule has 0 saturated carbocycles. The van der Waals surface area contributed by atoms with E-state index in [-0.39, 0.29) is 11.8 Å². The molecule has 108 valence electrons. The third-order valence-corrected chi connectivity index (χ3v) is 4.07. The normalized spacial score (nSPS) is 13.5. The van der Waals surface area contributed by atoms with Crippen molar-refractivity contribution >= 4 is 21.4 Å². The van der Waals surface area contributed by atoms with Gasteiger partial charge >= 0.3 is 0 Å². The highest BCUT2D eigenvalue weighted by Gasteiger charge is 2.20. The van der Waals surface area contributed by atoms with Crippen molar-refractivity contribution in [3.8, 4) is 0 Å². The molecule has 0 fully saturated rings. The molecule has 0 radical (unpaired) electrons. The van der Waals surface area contributed by atoms with E-state index in [0.717, 1.165) is 6.42 Å². The van der Waals surface area contributed by atoms with Crippen molar-refractivity contribution in [1.82, 2.24) is 5.32 Å². The predicted molar refractivity (Wildman–Crippen MR) is 76.8 cm³/mol. The van der Waals surface area contributed by atoms with E-state index in [1.807, 2.05) is 6.92 Å². The third-order valence-electron chi connectivity index (χ3n) is 2.77. The van der Waals surface area contributed by atoms with Crippen LogP contribution in [0.1, 0.15) is 31.4 Å². The SMILES string of the molecule is CCCNC(CCS(C)(=O)=O)c1c(F)cccc1Cl. The second kappa shape index (κ2) is 7.22. The van der Waals surface area contributed by atoms with E-state index >= 15 is 0 Å². The lowest BCUT2D eigenvalue weighted by molar-refractivity contribution is 0.486. The van der Waals surface area contributed by atoms with Crippen LogP contribution in [0.5, 0.6) is 0 Å². The summed E-state index contributed by atoms with van der Waals surface area (Å²) in [4.78, 5) is 0. The van der Waals surface area contributed by atoms with Crippen LogP contribution in [0.3, 0.4) is 0 Å². The minimum absolute atomic E-state index is 0.000948. The Bertz CT molecular complexity index is 499. The Kier molecular flexibility index (Phi) is 6.23. The number of benzene rings is 1. The van der Waals surface area contributed by atoms with Gasteiger partial charge in [0, 0.05) is 22.9 Å². The molecule has 1 atom stereocenters. The van der Waals surface area contributed by atoms with Gasteiger partial charge in [0.15, 0.2) is 0 Å². The van der Waals surface area contributed by atoms with Crippen LogP contribution in [-0.4, -0.2) is 27.0 Å². The molecule has 0 amide bonds. The van der Waals surface area contributed by atoms with Crippen molar-refractivity contribution in [3.63, 3.8) is 0 Å². The maximum absolute atomic E-state index is 13.9. The summed E-state index contributed by atoms with van der Waals surface area (Å²) in [6.45, 7) is 2.67. The van der Waals surface area contributed by atoms with Gasteiger partial charge in [-0.3, -0.25) is 0 Å². The lowest BCUT2D eigenvalue weighted by atomic mass is 10.0. The fourth-order valence-electron chi connectivity index (χ4n) is 1.84. The molecule has 0 saturated heterocycles. The predicted octanol–water partition coefficient (Wildman–Crippen LogP) is 2.95. The van der Waals surface area contributed by atoms with Crippen LogP contribution >= 0.6 is 11.6 Å². The second-order valence-electron chi connectivity index (χ2n) is 4.56. The average Bonchev–Trinajstić information content (AvgIpc) is 2.30. The molecule has 1 N–H and O–H groups in total. The van der Waals surface area contributed by atoms with Gasteiger partial charge in [-0.05, 0) is 31.5 Å². The van der Waals surface area contributed by atoms with Crippen molar-refractivity contribution in [2.24, 2.45) is 0 Å². The molecule has 0 aliphatic heterocycles. The molecule has 0 heterocycles. The van der Waals surface area contributed by atoms with E-state index < -0.39 is 15.7 Å². The molecular formula is C13H19ClFNO2S. The Labute approximate surface area is 119 Å². The molecule has 1 aromatic rings. The highest BCUT2D eigenvalue weighted by molar-refractivity contribution is 7.90. The number of sulfone groups is 1. The van der Waals surface area contributed by atoms with Crippen molar-refractivity contribution < 1.29 is 12.8 Å². The van der Waals surface area contributed by atoms with Crippen LogP contribution in [0.2, 0.25) is 5.02 Å². The molecule has 1 aromatic carbocycles. The Balaban J connectivity index is 2.95. The first kappa shape index (κ1) is 16.4. The number of nitrogens with one attached hydrogen (secondary N) is 1. The molecule has 19 heavy (non-hydrogen) atoms. The molecule has 0 bridgehead atoms. The average molecular weight is 308 g/mol. The molecule has 0 spiro atoms. The van der Waals surface area contributed by atoms with Gasteiger partial charge in [0.25, 0.3) is 0 Å². The Morgan fingerprint density at radius 1 is 1.42 bits per heavy atom. The van der Waals surface area contributed by atoms with Gasteiger partial charge in [0.05, 0.1) is 5.75 Å². The van der Waals surface area contributed by atoms with E-state index in [2.05, 4.69) is 5.32 Å². The zero-order chi connectivity index (χ0) is 14.5. The highest BCUT2D eigenvalue weighted by atomic mass is 35.5. The Hall–Kier alpha value is -0.650. The first-order valence-corrected chi connectivity index (χ1v) is 8.64. The van der Waals surface area contributed by atoms with Crippen LogP contribution < -0.4 is 5.32 Å². The fourth-order valence-corrected chi connectivity index (χ4v) is 2.80. The second-order valence-corrected chi connectivity index (χ2v) is 7.23. The maximum atomic E-state index is 13.9. The number of hydrogen-bond donors (Lipinski definition) is 1. The fraction of sp³-hybridized carbons (Fsp3) is 0.538. The van der Waals surface area contributed by atoms with E-state index in [1.165, 1.54) is 18.4 Å². The van der Waals surface area contributed by atoms with Crippen LogP contribution in [0.4, 0.5) is 4.39 Å². The minimum atomic E-state index is -3.08. The monoisotopic (exact) mass is 307 g/mol. The topological polar surface area (TPSA) is 46.2 Å². The van der Waals surface area contributed by atoms with Gasteiger partial charge in [-0.1, -0.05) is 24.6 Å². The first-order chi connectivity index (χ1) is 8.85. The zero-order valence-corrected chi connectivity index (χ0v) is 12.7. The first-order valence-electron chi connectivity index (χ1n) is 6.20. The molecule has 3 nitrogen and oxygen atoms in total. The van der Waals surface area contributed by atoms with Crippen LogP contribution in [0, 0.1) is 5.82 Å². The lowest BCUT2D eigenvalue weighted by Gasteiger charge is -2.20. The summed E-state index contributed by atoms with van der Waals surface area (Å²) in [5.41, 5.74) is 0.348. The van der Waals surface area contributed by atoms with E-state index in [9.17, 15) is 12.8 Å². The van der Waals surface area contributed by atoms with Gasteiger partial charge < -0.3 is 5.32 Å². The van der Waals surface area contributed by atoms with Gasteiger partial charge in [-0.2, -0.15) is 0 Å². The summed E-state index contributed by atoms with van der Waals surface area (Å²) in [5.74, 6) is -0.409. The van der Waals surface area contributed by atoms with Crippen molar-refractivity contribution in [3.05, 3.63) is 34.6 Å². The summed E-state index contributed by atoms with van der Waals surface area (Å²) >= 11 is 6.02. The molecule has 0 aliphatic carbocycles.